The summed E-state index contributed by atoms with van der Waals surface area (Å²) in [5.41, 5.74) is 1.45. The van der Waals surface area contributed by atoms with Crippen molar-refractivity contribution in [2.24, 2.45) is 5.41 Å². The van der Waals surface area contributed by atoms with E-state index < -0.39 is 12.1 Å². The zero-order valence-electron chi connectivity index (χ0n) is 22.5. The number of nitrogens with zero attached hydrogens (tertiary/aromatic N) is 3. The SMILES string of the molecule is CN[C@H]1CN(C(=O)C(CC(C)(C)C)NC(=O)c2ccc(N3CCN(C4CC4)CC3)cc2)[C@@H]2C(=O)CO[C@H]12. The van der Waals surface area contributed by atoms with Gasteiger partial charge in [0.25, 0.3) is 5.91 Å². The van der Waals surface area contributed by atoms with Gasteiger partial charge < -0.3 is 25.2 Å². The third kappa shape index (κ3) is 5.68. The Morgan fingerprint density at radius 2 is 1.76 bits per heavy atom. The molecule has 1 aromatic rings. The van der Waals surface area contributed by atoms with Crippen molar-refractivity contribution in [3.63, 3.8) is 0 Å². The van der Waals surface area contributed by atoms with E-state index in [9.17, 15) is 14.4 Å². The number of benzene rings is 1. The lowest BCUT2D eigenvalue weighted by molar-refractivity contribution is -0.138. The number of ketones is 1. The van der Waals surface area contributed by atoms with E-state index in [2.05, 4.69) is 20.4 Å². The van der Waals surface area contributed by atoms with Gasteiger partial charge in [0.05, 0.1) is 6.04 Å². The first kappa shape index (κ1) is 26.1. The molecule has 1 aromatic carbocycles. The number of nitrogens with one attached hydrogen (secondary N) is 2. The smallest absolute Gasteiger partial charge is 0.251 e. The fourth-order valence-corrected chi connectivity index (χ4v) is 6.00. The molecule has 0 spiro atoms. The first-order valence-corrected chi connectivity index (χ1v) is 13.7. The number of piperazine rings is 1. The third-order valence-corrected chi connectivity index (χ3v) is 8.13. The summed E-state index contributed by atoms with van der Waals surface area (Å²) in [6, 6.07) is 7.05. The Morgan fingerprint density at radius 1 is 1.08 bits per heavy atom. The van der Waals surface area contributed by atoms with Crippen molar-refractivity contribution in [2.75, 3.05) is 51.3 Å². The highest BCUT2D eigenvalue weighted by Crippen LogP contribution is 2.31. The van der Waals surface area contributed by atoms with E-state index in [0.29, 0.717) is 18.5 Å². The van der Waals surface area contributed by atoms with Crippen LogP contribution < -0.4 is 15.5 Å². The van der Waals surface area contributed by atoms with Gasteiger partial charge in [-0.2, -0.15) is 0 Å². The van der Waals surface area contributed by atoms with Gasteiger partial charge in [0.2, 0.25) is 5.91 Å². The summed E-state index contributed by atoms with van der Waals surface area (Å²) in [5, 5.41) is 6.17. The van der Waals surface area contributed by atoms with E-state index in [0.717, 1.165) is 37.9 Å². The van der Waals surface area contributed by atoms with Crippen LogP contribution in [0.1, 0.15) is 50.4 Å². The second-order valence-corrected chi connectivity index (χ2v) is 12.2. The molecule has 0 radical (unpaired) electrons. The van der Waals surface area contributed by atoms with Crippen LogP contribution in [0.25, 0.3) is 0 Å². The fourth-order valence-electron chi connectivity index (χ4n) is 6.00. The molecule has 4 fully saturated rings. The van der Waals surface area contributed by atoms with Gasteiger partial charge in [0.1, 0.15) is 24.8 Å². The van der Waals surface area contributed by atoms with Gasteiger partial charge >= 0.3 is 0 Å². The summed E-state index contributed by atoms with van der Waals surface area (Å²) in [6.07, 6.45) is 2.79. The Morgan fingerprint density at radius 3 is 2.35 bits per heavy atom. The minimum absolute atomic E-state index is 0.0234. The molecule has 1 saturated carbocycles. The maximum atomic E-state index is 13.7. The van der Waals surface area contributed by atoms with Gasteiger partial charge in [-0.3, -0.25) is 19.3 Å². The van der Waals surface area contributed by atoms with Crippen LogP contribution in [0, 0.1) is 5.41 Å². The molecule has 3 heterocycles. The van der Waals surface area contributed by atoms with Gasteiger partial charge in [-0.1, -0.05) is 20.8 Å². The van der Waals surface area contributed by atoms with E-state index in [1.165, 1.54) is 12.8 Å². The lowest BCUT2D eigenvalue weighted by Gasteiger charge is -2.36. The van der Waals surface area contributed by atoms with Crippen LogP contribution >= 0.6 is 0 Å². The molecule has 1 unspecified atom stereocenters. The molecule has 2 N–H and O–H groups in total. The Labute approximate surface area is 219 Å². The fraction of sp³-hybridized carbons (Fsp3) is 0.679. The molecule has 202 valence electrons. The summed E-state index contributed by atoms with van der Waals surface area (Å²) in [4.78, 5) is 46.1. The number of carbonyl (C=O) groups is 3. The number of ether oxygens (including phenoxy) is 1. The monoisotopic (exact) mass is 511 g/mol. The molecule has 9 nitrogen and oxygen atoms in total. The molecule has 3 aliphatic heterocycles. The molecule has 2 amide bonds. The van der Waals surface area contributed by atoms with Crippen LogP contribution in [0.4, 0.5) is 5.69 Å². The predicted molar refractivity (Wildman–Crippen MR) is 142 cm³/mol. The topological polar surface area (TPSA) is 94.2 Å². The number of hydrogen-bond acceptors (Lipinski definition) is 7. The number of likely N-dealkylation sites (tertiary alicyclic amines) is 1. The molecule has 9 heteroatoms. The van der Waals surface area contributed by atoms with Gasteiger partial charge in [0, 0.05) is 50.0 Å². The first-order valence-electron chi connectivity index (χ1n) is 13.7. The number of likely N-dealkylation sites (N-methyl/N-ethyl adjacent to an activating group) is 1. The molecule has 0 aromatic heterocycles. The van der Waals surface area contributed by atoms with Crippen LogP contribution in [0.3, 0.4) is 0 Å². The second-order valence-electron chi connectivity index (χ2n) is 12.2. The predicted octanol–water partition coefficient (Wildman–Crippen LogP) is 1.27. The average molecular weight is 512 g/mol. The van der Waals surface area contributed by atoms with Crippen LogP contribution in [0.15, 0.2) is 24.3 Å². The summed E-state index contributed by atoms with van der Waals surface area (Å²) in [5.74, 6) is -0.576. The number of fused-ring (bicyclic) bond motifs is 1. The van der Waals surface area contributed by atoms with Gasteiger partial charge in [0.15, 0.2) is 5.78 Å². The van der Waals surface area contributed by atoms with E-state index >= 15 is 0 Å². The second kappa shape index (κ2) is 10.3. The summed E-state index contributed by atoms with van der Waals surface area (Å²) >= 11 is 0. The summed E-state index contributed by atoms with van der Waals surface area (Å²) in [6.45, 7) is 10.7. The Balaban J connectivity index is 1.26. The molecule has 5 rings (SSSR count). The number of Topliss-reactive ketones (excluding diaryl/α,β-unsaturated/α-hetero) is 1. The van der Waals surface area contributed by atoms with Crippen molar-refractivity contribution >= 4 is 23.3 Å². The minimum Gasteiger partial charge on any atom is -0.369 e. The van der Waals surface area contributed by atoms with Gasteiger partial charge in [-0.15, -0.1) is 0 Å². The standard InChI is InChI=1S/C28H41N5O4/c1-28(2,3)15-21(27(36)33-16-22(29-4)25-24(33)23(34)17-37-25)30-26(35)18-5-7-19(8-6-18)31-11-13-32(14-12-31)20-9-10-20/h5-8,20-22,24-25,29H,9-17H2,1-4H3,(H,30,35)/t21?,22-,24+,25+/m0/s1. The van der Waals surface area contributed by atoms with Crippen molar-refractivity contribution in [1.82, 2.24) is 20.4 Å². The molecular weight excluding hydrogens is 470 g/mol. The molecule has 1 aliphatic carbocycles. The molecule has 4 aliphatic rings. The largest absolute Gasteiger partial charge is 0.369 e. The summed E-state index contributed by atoms with van der Waals surface area (Å²) < 4.78 is 5.69. The molecule has 3 saturated heterocycles. The first-order chi connectivity index (χ1) is 17.6. The van der Waals surface area contributed by atoms with Crippen LogP contribution in [0.2, 0.25) is 0 Å². The minimum atomic E-state index is -0.729. The van der Waals surface area contributed by atoms with Crippen molar-refractivity contribution in [3.8, 4) is 0 Å². The van der Waals surface area contributed by atoms with Gasteiger partial charge in [-0.25, -0.2) is 0 Å². The van der Waals surface area contributed by atoms with Gasteiger partial charge in [-0.05, 0) is 56.0 Å². The maximum Gasteiger partial charge on any atom is 0.251 e. The highest BCUT2D eigenvalue weighted by Gasteiger charge is 2.53. The number of hydrogen-bond donors (Lipinski definition) is 2. The maximum absolute atomic E-state index is 13.7. The van der Waals surface area contributed by atoms with E-state index in [4.69, 9.17) is 4.74 Å². The average Bonchev–Trinajstić information content (AvgIpc) is 3.56. The molecule has 37 heavy (non-hydrogen) atoms. The highest BCUT2D eigenvalue weighted by atomic mass is 16.5. The third-order valence-electron chi connectivity index (χ3n) is 8.13. The van der Waals surface area contributed by atoms with E-state index in [-0.39, 0.29) is 41.8 Å². The summed E-state index contributed by atoms with van der Waals surface area (Å²) in [7, 11) is 1.81. The van der Waals surface area contributed by atoms with Crippen LogP contribution in [0.5, 0.6) is 0 Å². The molecule has 4 atom stereocenters. The van der Waals surface area contributed by atoms with Crippen LogP contribution in [-0.4, -0.2) is 104 Å². The molecular formula is C28H41N5O4. The van der Waals surface area contributed by atoms with Crippen molar-refractivity contribution in [1.29, 1.82) is 0 Å². The highest BCUT2D eigenvalue weighted by molar-refractivity contribution is 5.99. The van der Waals surface area contributed by atoms with Crippen molar-refractivity contribution in [2.45, 2.75) is 70.3 Å². The Kier molecular flexibility index (Phi) is 7.31. The quantitative estimate of drug-likeness (QED) is 0.570. The van der Waals surface area contributed by atoms with Crippen molar-refractivity contribution < 1.29 is 19.1 Å². The number of anilines is 1. The lowest BCUT2D eigenvalue weighted by atomic mass is 9.87. The van der Waals surface area contributed by atoms with E-state index in [1.807, 2.05) is 52.1 Å². The number of amides is 2. The Hall–Kier alpha value is -2.49. The van der Waals surface area contributed by atoms with Crippen LogP contribution in [-0.2, 0) is 14.3 Å². The normalized spacial score (nSPS) is 27.4. The zero-order valence-corrected chi connectivity index (χ0v) is 22.5. The number of carbonyl (C=O) groups excluding carboxylic acids is 3. The lowest BCUT2D eigenvalue weighted by Crippen LogP contribution is -2.53. The Bertz CT molecular complexity index is 1010. The molecule has 0 bridgehead atoms. The zero-order chi connectivity index (χ0) is 26.3. The number of rotatable bonds is 7. The van der Waals surface area contributed by atoms with Crippen molar-refractivity contribution in [3.05, 3.63) is 29.8 Å². The van der Waals surface area contributed by atoms with E-state index in [1.54, 1.807) is 4.90 Å².